The highest BCUT2D eigenvalue weighted by atomic mass is 79.9. The molecule has 1 saturated heterocycles. The molecule has 0 spiro atoms. The van der Waals surface area contributed by atoms with Crippen LogP contribution in [0.3, 0.4) is 0 Å². The third-order valence-corrected chi connectivity index (χ3v) is 5.11. The fourth-order valence-electron chi connectivity index (χ4n) is 3.14. The Labute approximate surface area is 135 Å². The van der Waals surface area contributed by atoms with E-state index in [4.69, 9.17) is 0 Å². The molecule has 2 aromatic rings. The van der Waals surface area contributed by atoms with Crippen molar-refractivity contribution in [3.63, 3.8) is 0 Å². The fourth-order valence-corrected chi connectivity index (χ4v) is 3.62. The number of hydrogen-bond acceptors (Lipinski definition) is 2. The van der Waals surface area contributed by atoms with E-state index in [1.54, 1.807) is 0 Å². The van der Waals surface area contributed by atoms with Crippen LogP contribution in [0.1, 0.15) is 20.3 Å². The summed E-state index contributed by atoms with van der Waals surface area (Å²) in [6.07, 6.45) is 1.20. The molecule has 3 rings (SSSR count). The quantitative estimate of drug-likeness (QED) is 0.865. The molecule has 21 heavy (non-hydrogen) atoms. The van der Waals surface area contributed by atoms with Gasteiger partial charge in [-0.1, -0.05) is 54.0 Å². The van der Waals surface area contributed by atoms with Gasteiger partial charge in [0, 0.05) is 34.7 Å². The average molecular weight is 347 g/mol. The van der Waals surface area contributed by atoms with Crippen molar-refractivity contribution in [2.75, 3.05) is 24.5 Å². The van der Waals surface area contributed by atoms with Gasteiger partial charge in [-0.2, -0.15) is 0 Å². The predicted octanol–water partition coefficient (Wildman–Crippen LogP) is 4.43. The molecule has 0 aromatic heterocycles. The number of anilines is 1. The molecular formula is C18H23BrN2. The topological polar surface area (TPSA) is 15.3 Å². The summed E-state index contributed by atoms with van der Waals surface area (Å²) in [5, 5.41) is 6.33. The molecule has 0 saturated carbocycles. The van der Waals surface area contributed by atoms with Gasteiger partial charge >= 0.3 is 0 Å². The van der Waals surface area contributed by atoms with E-state index in [-0.39, 0.29) is 0 Å². The van der Waals surface area contributed by atoms with Crippen LogP contribution in [-0.2, 0) is 0 Å². The van der Waals surface area contributed by atoms with Crippen molar-refractivity contribution >= 4 is 32.4 Å². The second-order valence-corrected chi connectivity index (χ2v) is 7.07. The van der Waals surface area contributed by atoms with Gasteiger partial charge in [0.15, 0.2) is 0 Å². The summed E-state index contributed by atoms with van der Waals surface area (Å²) in [6.45, 7) is 7.95. The van der Waals surface area contributed by atoms with E-state index < -0.39 is 0 Å². The van der Waals surface area contributed by atoms with Gasteiger partial charge < -0.3 is 10.2 Å². The first kappa shape index (κ1) is 14.9. The smallest absolute Gasteiger partial charge is 0.0447 e. The zero-order chi connectivity index (χ0) is 14.8. The number of hydrogen-bond donors (Lipinski definition) is 1. The minimum absolute atomic E-state index is 0.565. The lowest BCUT2D eigenvalue weighted by molar-refractivity contribution is 0.420. The van der Waals surface area contributed by atoms with Crippen LogP contribution in [0.4, 0.5) is 5.69 Å². The van der Waals surface area contributed by atoms with Crippen LogP contribution in [0.2, 0.25) is 0 Å². The number of fused-ring (bicyclic) bond motifs is 1. The van der Waals surface area contributed by atoms with Gasteiger partial charge in [0.2, 0.25) is 0 Å². The Bertz CT molecular complexity index is 624. The second kappa shape index (κ2) is 6.37. The van der Waals surface area contributed by atoms with Crippen LogP contribution in [0.5, 0.6) is 0 Å². The Morgan fingerprint density at radius 3 is 2.67 bits per heavy atom. The van der Waals surface area contributed by atoms with Gasteiger partial charge in [0.25, 0.3) is 0 Å². The summed E-state index contributed by atoms with van der Waals surface area (Å²) in [4.78, 5) is 2.55. The number of benzene rings is 2. The van der Waals surface area contributed by atoms with Gasteiger partial charge in [-0.05, 0) is 36.4 Å². The maximum atomic E-state index is 3.69. The standard InChI is InChI=1S/C18H23BrN2/c1-13(2)17-12-21(11-5-10-20-17)18-9-8-16(19)14-6-3-4-7-15(14)18/h3-4,6-9,13,17,20H,5,10-12H2,1-2H3. The second-order valence-electron chi connectivity index (χ2n) is 6.22. The number of rotatable bonds is 2. The van der Waals surface area contributed by atoms with E-state index in [0.717, 1.165) is 19.6 Å². The molecule has 0 amide bonds. The van der Waals surface area contributed by atoms with E-state index in [0.29, 0.717) is 12.0 Å². The van der Waals surface area contributed by atoms with Crippen molar-refractivity contribution in [2.45, 2.75) is 26.3 Å². The van der Waals surface area contributed by atoms with E-state index in [1.807, 2.05) is 0 Å². The first-order chi connectivity index (χ1) is 10.2. The molecule has 112 valence electrons. The van der Waals surface area contributed by atoms with E-state index in [1.165, 1.54) is 27.4 Å². The highest BCUT2D eigenvalue weighted by molar-refractivity contribution is 9.10. The van der Waals surface area contributed by atoms with E-state index >= 15 is 0 Å². The van der Waals surface area contributed by atoms with Gasteiger partial charge in [0.05, 0.1) is 0 Å². The first-order valence-electron chi connectivity index (χ1n) is 7.82. The lowest BCUT2D eigenvalue weighted by Crippen LogP contribution is -2.41. The largest absolute Gasteiger partial charge is 0.369 e. The average Bonchev–Trinajstić information content (AvgIpc) is 2.74. The zero-order valence-corrected chi connectivity index (χ0v) is 14.4. The monoisotopic (exact) mass is 346 g/mol. The van der Waals surface area contributed by atoms with Crippen molar-refractivity contribution < 1.29 is 0 Å². The Morgan fingerprint density at radius 1 is 1.14 bits per heavy atom. The van der Waals surface area contributed by atoms with Crippen LogP contribution in [0.15, 0.2) is 40.9 Å². The Hall–Kier alpha value is -1.06. The number of halogens is 1. The summed E-state index contributed by atoms with van der Waals surface area (Å²) in [6, 6.07) is 13.7. The van der Waals surface area contributed by atoms with Crippen LogP contribution >= 0.6 is 15.9 Å². The normalized spacial score (nSPS) is 20.0. The Kier molecular flexibility index (Phi) is 4.51. The molecule has 3 heteroatoms. The molecule has 1 unspecified atom stereocenters. The Morgan fingerprint density at radius 2 is 1.90 bits per heavy atom. The zero-order valence-electron chi connectivity index (χ0n) is 12.8. The maximum absolute atomic E-state index is 3.69. The van der Waals surface area contributed by atoms with Crippen molar-refractivity contribution in [3.8, 4) is 0 Å². The molecule has 1 heterocycles. The highest BCUT2D eigenvalue weighted by Gasteiger charge is 2.21. The highest BCUT2D eigenvalue weighted by Crippen LogP contribution is 2.33. The van der Waals surface area contributed by atoms with Crippen LogP contribution in [0.25, 0.3) is 10.8 Å². The first-order valence-corrected chi connectivity index (χ1v) is 8.61. The maximum Gasteiger partial charge on any atom is 0.0447 e. The SMILES string of the molecule is CC(C)C1CN(c2ccc(Br)c3ccccc23)CCCN1. The minimum atomic E-state index is 0.565. The van der Waals surface area contributed by atoms with E-state index in [2.05, 4.69) is 76.4 Å². The Balaban J connectivity index is 2.01. The molecule has 1 atom stereocenters. The fraction of sp³-hybridized carbons (Fsp3) is 0.444. The molecule has 2 aromatic carbocycles. The van der Waals surface area contributed by atoms with Crippen LogP contribution < -0.4 is 10.2 Å². The molecule has 2 nitrogen and oxygen atoms in total. The van der Waals surface area contributed by atoms with Gasteiger partial charge in [-0.15, -0.1) is 0 Å². The summed E-state index contributed by atoms with van der Waals surface area (Å²) < 4.78 is 1.18. The molecule has 1 aliphatic rings. The summed E-state index contributed by atoms with van der Waals surface area (Å²) >= 11 is 3.67. The van der Waals surface area contributed by atoms with E-state index in [9.17, 15) is 0 Å². The van der Waals surface area contributed by atoms with Crippen LogP contribution in [0, 0.1) is 5.92 Å². The summed E-state index contributed by atoms with van der Waals surface area (Å²) in [5.41, 5.74) is 1.36. The van der Waals surface area contributed by atoms with Crippen LogP contribution in [-0.4, -0.2) is 25.7 Å². The third kappa shape index (κ3) is 3.09. The molecule has 1 fully saturated rings. The molecule has 0 aliphatic carbocycles. The molecule has 1 aliphatic heterocycles. The summed E-state index contributed by atoms with van der Waals surface area (Å²) in [5.74, 6) is 0.660. The lowest BCUT2D eigenvalue weighted by atomic mass is 10.0. The van der Waals surface area contributed by atoms with Crippen molar-refractivity contribution in [3.05, 3.63) is 40.9 Å². The summed E-state index contributed by atoms with van der Waals surface area (Å²) in [7, 11) is 0. The molecule has 0 bridgehead atoms. The molecule has 0 radical (unpaired) electrons. The predicted molar refractivity (Wildman–Crippen MR) is 95.1 cm³/mol. The minimum Gasteiger partial charge on any atom is -0.369 e. The molecule has 1 N–H and O–H groups in total. The number of nitrogens with zero attached hydrogens (tertiary/aromatic N) is 1. The van der Waals surface area contributed by atoms with Gasteiger partial charge in [-0.25, -0.2) is 0 Å². The lowest BCUT2D eigenvalue weighted by Gasteiger charge is -2.29. The van der Waals surface area contributed by atoms with Crippen molar-refractivity contribution in [1.82, 2.24) is 5.32 Å². The van der Waals surface area contributed by atoms with Gasteiger partial charge in [0.1, 0.15) is 0 Å². The van der Waals surface area contributed by atoms with Crippen molar-refractivity contribution in [1.29, 1.82) is 0 Å². The molecular weight excluding hydrogens is 324 g/mol. The number of nitrogens with one attached hydrogen (secondary N) is 1. The van der Waals surface area contributed by atoms with Crippen molar-refractivity contribution in [2.24, 2.45) is 5.92 Å². The van der Waals surface area contributed by atoms with Gasteiger partial charge in [-0.3, -0.25) is 0 Å². The third-order valence-electron chi connectivity index (χ3n) is 4.42.